The largest absolute Gasteiger partial charge is 0.495 e. The lowest BCUT2D eigenvalue weighted by Crippen LogP contribution is -2.24. The summed E-state index contributed by atoms with van der Waals surface area (Å²) in [4.78, 5) is 22.4. The van der Waals surface area contributed by atoms with E-state index in [0.717, 1.165) is 5.56 Å². The zero-order valence-electron chi connectivity index (χ0n) is 16.6. The fourth-order valence-electron chi connectivity index (χ4n) is 2.63. The number of nitrogens with one attached hydrogen (secondary N) is 1. The van der Waals surface area contributed by atoms with Crippen molar-refractivity contribution in [3.63, 3.8) is 0 Å². The maximum atomic E-state index is 11.9. The van der Waals surface area contributed by atoms with E-state index in [1.54, 1.807) is 43.3 Å². The molecule has 0 fully saturated rings. The van der Waals surface area contributed by atoms with Gasteiger partial charge in [0.1, 0.15) is 17.3 Å². The van der Waals surface area contributed by atoms with Gasteiger partial charge < -0.3 is 13.9 Å². The Morgan fingerprint density at radius 2 is 2.00 bits per heavy atom. The number of ether oxygens (including phenoxy) is 2. The van der Waals surface area contributed by atoms with Crippen LogP contribution >= 0.6 is 11.6 Å². The van der Waals surface area contributed by atoms with Gasteiger partial charge in [-0.1, -0.05) is 17.7 Å². The first-order valence-electron chi connectivity index (χ1n) is 9.01. The first-order valence-corrected chi connectivity index (χ1v) is 9.38. The van der Waals surface area contributed by atoms with Crippen LogP contribution in [0, 0.1) is 17.0 Å². The Morgan fingerprint density at radius 3 is 2.71 bits per heavy atom. The Hall–Kier alpha value is -3.85. The molecule has 0 aliphatic heterocycles. The SMILES string of the molecule is COc1ccc(-c2ccc(C=NNC(=O)COc3ccc(C)cc3[N+](=O)[O-])o2)cc1Cl. The van der Waals surface area contributed by atoms with E-state index in [-0.39, 0.29) is 11.4 Å². The average molecular weight is 444 g/mol. The van der Waals surface area contributed by atoms with Crippen LogP contribution in [-0.2, 0) is 4.79 Å². The van der Waals surface area contributed by atoms with Gasteiger partial charge in [-0.15, -0.1) is 0 Å². The number of amides is 1. The van der Waals surface area contributed by atoms with Gasteiger partial charge in [-0.3, -0.25) is 14.9 Å². The summed E-state index contributed by atoms with van der Waals surface area (Å²) < 4.78 is 16.0. The van der Waals surface area contributed by atoms with E-state index in [9.17, 15) is 14.9 Å². The standard InChI is InChI=1S/C21H18ClN3O6/c1-13-3-6-20(17(9-13)25(27)28)30-12-21(26)24-23-11-15-5-8-18(31-15)14-4-7-19(29-2)16(22)10-14/h3-11H,12H2,1-2H3,(H,24,26). The van der Waals surface area contributed by atoms with Gasteiger partial charge in [0.2, 0.25) is 0 Å². The number of aryl methyl sites for hydroxylation is 1. The van der Waals surface area contributed by atoms with Crippen molar-refractivity contribution in [3.05, 3.63) is 75.0 Å². The minimum Gasteiger partial charge on any atom is -0.495 e. The molecule has 9 nitrogen and oxygen atoms in total. The number of halogens is 1. The van der Waals surface area contributed by atoms with Gasteiger partial charge in [-0.25, -0.2) is 5.43 Å². The third kappa shape index (κ3) is 5.61. The molecule has 0 saturated heterocycles. The maximum absolute atomic E-state index is 11.9. The molecule has 0 aliphatic rings. The number of carbonyl (C=O) groups excluding carboxylic acids is 1. The van der Waals surface area contributed by atoms with Crippen molar-refractivity contribution in [3.8, 4) is 22.8 Å². The topological polar surface area (TPSA) is 116 Å². The second-order valence-electron chi connectivity index (χ2n) is 6.36. The molecule has 0 atom stereocenters. The second kappa shape index (κ2) is 9.77. The van der Waals surface area contributed by atoms with Crippen LogP contribution in [-0.4, -0.2) is 30.8 Å². The summed E-state index contributed by atoms with van der Waals surface area (Å²) in [5.74, 6) is 0.938. The van der Waals surface area contributed by atoms with Crippen molar-refractivity contribution in [2.45, 2.75) is 6.92 Å². The van der Waals surface area contributed by atoms with Crippen molar-refractivity contribution in [2.24, 2.45) is 5.10 Å². The molecule has 160 valence electrons. The number of furan rings is 1. The van der Waals surface area contributed by atoms with Crippen LogP contribution in [0.3, 0.4) is 0 Å². The molecule has 0 spiro atoms. The van der Waals surface area contributed by atoms with E-state index < -0.39 is 17.4 Å². The van der Waals surface area contributed by atoms with E-state index in [1.165, 1.54) is 25.5 Å². The third-order valence-corrected chi connectivity index (χ3v) is 4.41. The number of rotatable bonds is 8. The van der Waals surface area contributed by atoms with Crippen LogP contribution < -0.4 is 14.9 Å². The Bertz CT molecular complexity index is 1140. The Morgan fingerprint density at radius 1 is 1.23 bits per heavy atom. The van der Waals surface area contributed by atoms with Crippen molar-refractivity contribution < 1.29 is 23.6 Å². The van der Waals surface area contributed by atoms with Crippen LogP contribution in [0.4, 0.5) is 5.69 Å². The molecule has 0 saturated carbocycles. The summed E-state index contributed by atoms with van der Waals surface area (Å²) in [6, 6.07) is 13.1. The molecule has 0 radical (unpaired) electrons. The van der Waals surface area contributed by atoms with Gasteiger partial charge >= 0.3 is 5.69 Å². The molecule has 0 aliphatic carbocycles. The zero-order valence-corrected chi connectivity index (χ0v) is 17.4. The summed E-state index contributed by atoms with van der Waals surface area (Å²) in [7, 11) is 1.53. The number of nitro groups is 1. The third-order valence-electron chi connectivity index (χ3n) is 4.11. The van der Waals surface area contributed by atoms with E-state index in [4.69, 9.17) is 25.5 Å². The van der Waals surface area contributed by atoms with E-state index in [0.29, 0.717) is 27.9 Å². The summed E-state index contributed by atoms with van der Waals surface area (Å²) >= 11 is 6.12. The summed E-state index contributed by atoms with van der Waals surface area (Å²) in [6.07, 6.45) is 1.32. The molecule has 1 heterocycles. The van der Waals surface area contributed by atoms with E-state index in [1.807, 2.05) is 0 Å². The van der Waals surface area contributed by atoms with Gasteiger partial charge in [0.05, 0.1) is 23.3 Å². The van der Waals surface area contributed by atoms with Crippen LogP contribution in [0.25, 0.3) is 11.3 Å². The molecular formula is C21H18ClN3O6. The number of nitrogens with zero attached hydrogens (tertiary/aromatic N) is 2. The monoisotopic (exact) mass is 443 g/mol. The first-order chi connectivity index (χ1) is 14.9. The highest BCUT2D eigenvalue weighted by Crippen LogP contribution is 2.31. The highest BCUT2D eigenvalue weighted by atomic mass is 35.5. The molecule has 3 rings (SSSR count). The number of carbonyl (C=O) groups is 1. The quantitative estimate of drug-likeness (QED) is 0.314. The molecular weight excluding hydrogens is 426 g/mol. The molecule has 1 aromatic heterocycles. The highest BCUT2D eigenvalue weighted by molar-refractivity contribution is 6.32. The zero-order chi connectivity index (χ0) is 22.4. The number of hydrazone groups is 1. The van der Waals surface area contributed by atoms with E-state index in [2.05, 4.69) is 10.5 Å². The lowest BCUT2D eigenvalue weighted by Gasteiger charge is -2.06. The molecule has 3 aromatic rings. The number of nitro benzene ring substituents is 1. The molecule has 31 heavy (non-hydrogen) atoms. The van der Waals surface area contributed by atoms with Gasteiger partial charge in [-0.2, -0.15) is 5.10 Å². The van der Waals surface area contributed by atoms with Crippen LogP contribution in [0.5, 0.6) is 11.5 Å². The molecule has 0 unspecified atom stereocenters. The van der Waals surface area contributed by atoms with Crippen LogP contribution in [0.1, 0.15) is 11.3 Å². The normalized spacial score (nSPS) is 10.8. The van der Waals surface area contributed by atoms with Crippen LogP contribution in [0.2, 0.25) is 5.02 Å². The molecule has 0 bridgehead atoms. The highest BCUT2D eigenvalue weighted by Gasteiger charge is 2.16. The fourth-order valence-corrected chi connectivity index (χ4v) is 2.89. The summed E-state index contributed by atoms with van der Waals surface area (Å²) in [6.45, 7) is 1.29. The first kappa shape index (κ1) is 21.8. The summed E-state index contributed by atoms with van der Waals surface area (Å²) in [5.41, 5.74) is 3.53. The van der Waals surface area contributed by atoms with Gasteiger partial charge in [0.15, 0.2) is 12.4 Å². The molecule has 1 N–H and O–H groups in total. The predicted octanol–water partition coefficient (Wildman–Crippen LogP) is 4.35. The summed E-state index contributed by atoms with van der Waals surface area (Å²) in [5, 5.41) is 15.3. The van der Waals surface area contributed by atoms with Crippen molar-refractivity contribution in [2.75, 3.05) is 13.7 Å². The van der Waals surface area contributed by atoms with E-state index >= 15 is 0 Å². The van der Waals surface area contributed by atoms with Crippen LogP contribution in [0.15, 0.2) is 58.0 Å². The Labute approximate surface area is 182 Å². The number of hydrogen-bond acceptors (Lipinski definition) is 7. The average Bonchev–Trinajstić information content (AvgIpc) is 3.21. The number of benzene rings is 2. The molecule has 2 aromatic carbocycles. The maximum Gasteiger partial charge on any atom is 0.311 e. The smallest absolute Gasteiger partial charge is 0.311 e. The van der Waals surface area contributed by atoms with Crippen molar-refractivity contribution >= 4 is 29.4 Å². The van der Waals surface area contributed by atoms with Crippen molar-refractivity contribution in [1.82, 2.24) is 5.43 Å². The molecule has 10 heteroatoms. The number of hydrogen-bond donors (Lipinski definition) is 1. The van der Waals surface area contributed by atoms with Gasteiger partial charge in [-0.05, 0) is 48.9 Å². The minimum atomic E-state index is -0.583. The van der Waals surface area contributed by atoms with Gasteiger partial charge in [0.25, 0.3) is 5.91 Å². The second-order valence-corrected chi connectivity index (χ2v) is 6.77. The molecule has 1 amide bonds. The predicted molar refractivity (Wildman–Crippen MR) is 115 cm³/mol. The lowest BCUT2D eigenvalue weighted by molar-refractivity contribution is -0.385. The number of methoxy groups -OCH3 is 1. The lowest BCUT2D eigenvalue weighted by atomic mass is 10.2. The fraction of sp³-hybridized carbons (Fsp3) is 0.143. The Balaban J connectivity index is 1.56. The minimum absolute atomic E-state index is 0.00329. The van der Waals surface area contributed by atoms with Gasteiger partial charge in [0, 0.05) is 11.6 Å². The van der Waals surface area contributed by atoms with Crippen molar-refractivity contribution in [1.29, 1.82) is 0 Å². The Kier molecular flexibility index (Phi) is 6.88.